The summed E-state index contributed by atoms with van der Waals surface area (Å²) in [7, 11) is 0. The molecule has 1 saturated heterocycles. The highest BCUT2D eigenvalue weighted by Crippen LogP contribution is 2.37. The van der Waals surface area contributed by atoms with E-state index >= 15 is 0 Å². The molecule has 7 heteroatoms. The zero-order chi connectivity index (χ0) is 31.7. The third-order valence-corrected chi connectivity index (χ3v) is 8.62. The van der Waals surface area contributed by atoms with Crippen molar-refractivity contribution in [2.45, 2.75) is 52.5 Å². The number of hydrogen-bond acceptors (Lipinski definition) is 6. The molecule has 0 bridgehead atoms. The maximum atomic E-state index is 14.2. The molecule has 0 radical (unpaired) electrons. The summed E-state index contributed by atoms with van der Waals surface area (Å²) in [5.41, 5.74) is 5.92. The number of benzene rings is 4. The third kappa shape index (κ3) is 8.08. The van der Waals surface area contributed by atoms with Crippen molar-refractivity contribution in [3.05, 3.63) is 124 Å². The highest BCUT2D eigenvalue weighted by molar-refractivity contribution is 5.98. The van der Waals surface area contributed by atoms with Gasteiger partial charge in [-0.25, -0.2) is 0 Å². The maximum Gasteiger partial charge on any atom is 0.258 e. The maximum absolute atomic E-state index is 14.2. The minimum atomic E-state index is -0.0521. The molecule has 0 unspecified atom stereocenters. The molecule has 46 heavy (non-hydrogen) atoms. The summed E-state index contributed by atoms with van der Waals surface area (Å²) in [5, 5.41) is 0. The van der Waals surface area contributed by atoms with Crippen LogP contribution in [0.3, 0.4) is 0 Å². The Morgan fingerprint density at radius 1 is 0.761 bits per heavy atom. The molecule has 0 aliphatic carbocycles. The van der Waals surface area contributed by atoms with Gasteiger partial charge in [-0.15, -0.1) is 0 Å². The van der Waals surface area contributed by atoms with E-state index in [4.69, 9.17) is 18.9 Å². The fourth-order valence-electron chi connectivity index (χ4n) is 5.99. The number of hydrogen-bond donors (Lipinski definition) is 0. The second-order valence-corrected chi connectivity index (χ2v) is 12.3. The van der Waals surface area contributed by atoms with Crippen molar-refractivity contribution < 1.29 is 23.7 Å². The minimum absolute atomic E-state index is 0.0521. The van der Waals surface area contributed by atoms with Crippen LogP contribution in [0.4, 0.5) is 0 Å². The van der Waals surface area contributed by atoms with E-state index < -0.39 is 0 Å². The van der Waals surface area contributed by atoms with Gasteiger partial charge in [0.1, 0.15) is 30.5 Å². The van der Waals surface area contributed by atoms with Crippen LogP contribution in [0.15, 0.2) is 91.0 Å². The molecule has 4 aromatic carbocycles. The molecule has 0 N–H and O–H groups in total. The molecule has 6 rings (SSSR count). The molecule has 0 spiro atoms. The zero-order valence-corrected chi connectivity index (χ0v) is 27.0. The molecule has 0 saturated carbocycles. The Kier molecular flexibility index (Phi) is 10.5. The Bertz CT molecular complexity index is 1590. The third-order valence-electron chi connectivity index (χ3n) is 8.62. The van der Waals surface area contributed by atoms with Crippen LogP contribution >= 0.6 is 0 Å². The zero-order valence-electron chi connectivity index (χ0n) is 27.0. The van der Waals surface area contributed by atoms with E-state index in [0.717, 1.165) is 78.6 Å². The lowest BCUT2D eigenvalue weighted by Gasteiger charge is -2.26. The normalized spacial score (nSPS) is 14.7. The monoisotopic (exact) mass is 620 g/mol. The van der Waals surface area contributed by atoms with E-state index in [2.05, 4.69) is 30.9 Å². The molecule has 2 heterocycles. The van der Waals surface area contributed by atoms with Gasteiger partial charge in [0.2, 0.25) is 0 Å². The number of morpholine rings is 1. The standard InChI is InChI=1S/C39H44N2O5/c1-29(2)35-23-36(38(46-28-31-12-7-4-8-13-31)24-37(35)45-27-30-10-5-3-6-11-30)39(42)41-25-32-14-15-34(22-33(32)26-41)44-19-9-16-40-17-20-43-21-18-40/h3-8,10-15,22-24,29H,9,16-21,25-28H2,1-2H3. The predicted octanol–water partition coefficient (Wildman–Crippen LogP) is 7.23. The summed E-state index contributed by atoms with van der Waals surface area (Å²) in [6.45, 7) is 11.4. The Labute approximate surface area is 272 Å². The van der Waals surface area contributed by atoms with E-state index in [1.165, 1.54) is 0 Å². The van der Waals surface area contributed by atoms with Crippen molar-refractivity contribution in [3.63, 3.8) is 0 Å². The molecular formula is C39H44N2O5. The van der Waals surface area contributed by atoms with Gasteiger partial charge in [0.05, 0.1) is 25.4 Å². The van der Waals surface area contributed by atoms with E-state index in [9.17, 15) is 4.79 Å². The van der Waals surface area contributed by atoms with Crippen molar-refractivity contribution in [2.24, 2.45) is 0 Å². The Morgan fingerprint density at radius 2 is 1.41 bits per heavy atom. The molecule has 1 amide bonds. The molecule has 2 aliphatic heterocycles. The van der Waals surface area contributed by atoms with Gasteiger partial charge < -0.3 is 23.8 Å². The lowest BCUT2D eigenvalue weighted by atomic mass is 9.98. The van der Waals surface area contributed by atoms with Gasteiger partial charge in [-0.1, -0.05) is 80.6 Å². The molecular weight excluding hydrogens is 576 g/mol. The minimum Gasteiger partial charge on any atom is -0.494 e. The number of carbonyl (C=O) groups excluding carboxylic acids is 1. The first-order chi connectivity index (χ1) is 22.5. The number of amides is 1. The van der Waals surface area contributed by atoms with Crippen LogP contribution in [0, 0.1) is 0 Å². The van der Waals surface area contributed by atoms with Gasteiger partial charge in [-0.05, 0) is 58.4 Å². The first-order valence-corrected chi connectivity index (χ1v) is 16.4. The summed E-state index contributed by atoms with van der Waals surface area (Å²) in [4.78, 5) is 18.5. The first kappa shape index (κ1) is 31.6. The van der Waals surface area contributed by atoms with Crippen molar-refractivity contribution in [1.82, 2.24) is 9.80 Å². The summed E-state index contributed by atoms with van der Waals surface area (Å²) < 4.78 is 24.3. The molecule has 4 aromatic rings. The van der Waals surface area contributed by atoms with Gasteiger partial charge in [0, 0.05) is 38.8 Å². The van der Waals surface area contributed by atoms with Crippen molar-refractivity contribution >= 4 is 5.91 Å². The van der Waals surface area contributed by atoms with Crippen LogP contribution in [0.25, 0.3) is 0 Å². The van der Waals surface area contributed by atoms with Crippen LogP contribution < -0.4 is 14.2 Å². The van der Waals surface area contributed by atoms with Gasteiger partial charge in [-0.2, -0.15) is 0 Å². The summed E-state index contributed by atoms with van der Waals surface area (Å²) >= 11 is 0. The number of rotatable bonds is 13. The lowest BCUT2D eigenvalue weighted by molar-refractivity contribution is 0.0358. The summed E-state index contributed by atoms with van der Waals surface area (Å²) in [6.07, 6.45) is 0.969. The van der Waals surface area contributed by atoms with Gasteiger partial charge in [-0.3, -0.25) is 9.69 Å². The van der Waals surface area contributed by atoms with E-state index in [1.807, 2.05) is 83.8 Å². The van der Waals surface area contributed by atoms with Crippen LogP contribution in [-0.4, -0.2) is 55.2 Å². The largest absolute Gasteiger partial charge is 0.494 e. The number of nitrogens with zero attached hydrogens (tertiary/aromatic N) is 2. The summed E-state index contributed by atoms with van der Waals surface area (Å²) in [6, 6.07) is 30.2. The second kappa shape index (κ2) is 15.3. The number of ether oxygens (including phenoxy) is 4. The predicted molar refractivity (Wildman–Crippen MR) is 179 cm³/mol. The molecule has 0 atom stereocenters. The topological polar surface area (TPSA) is 60.5 Å². The molecule has 7 nitrogen and oxygen atoms in total. The number of carbonyl (C=O) groups is 1. The first-order valence-electron chi connectivity index (χ1n) is 16.4. The molecule has 2 aliphatic rings. The van der Waals surface area contributed by atoms with Gasteiger partial charge >= 0.3 is 0 Å². The quantitative estimate of drug-likeness (QED) is 0.147. The van der Waals surface area contributed by atoms with Crippen LogP contribution in [0.2, 0.25) is 0 Å². The average molecular weight is 621 g/mol. The highest BCUT2D eigenvalue weighted by atomic mass is 16.5. The Balaban J connectivity index is 1.17. The van der Waals surface area contributed by atoms with Crippen LogP contribution in [-0.2, 0) is 31.0 Å². The highest BCUT2D eigenvalue weighted by Gasteiger charge is 2.28. The summed E-state index contributed by atoms with van der Waals surface area (Å²) in [5.74, 6) is 2.21. The van der Waals surface area contributed by atoms with E-state index in [-0.39, 0.29) is 11.8 Å². The molecule has 0 aromatic heterocycles. The van der Waals surface area contributed by atoms with E-state index in [1.54, 1.807) is 0 Å². The van der Waals surface area contributed by atoms with Crippen molar-refractivity contribution in [3.8, 4) is 17.2 Å². The Morgan fingerprint density at radius 3 is 2.09 bits per heavy atom. The lowest BCUT2D eigenvalue weighted by Crippen LogP contribution is -2.37. The molecule has 1 fully saturated rings. The van der Waals surface area contributed by atoms with Crippen LogP contribution in [0.5, 0.6) is 17.2 Å². The average Bonchev–Trinajstić information content (AvgIpc) is 3.53. The van der Waals surface area contributed by atoms with Crippen molar-refractivity contribution in [2.75, 3.05) is 39.5 Å². The second-order valence-electron chi connectivity index (χ2n) is 12.3. The van der Waals surface area contributed by atoms with Crippen molar-refractivity contribution in [1.29, 1.82) is 0 Å². The fourth-order valence-corrected chi connectivity index (χ4v) is 5.99. The number of fused-ring (bicyclic) bond motifs is 1. The van der Waals surface area contributed by atoms with E-state index in [0.29, 0.717) is 44.2 Å². The smallest absolute Gasteiger partial charge is 0.258 e. The van der Waals surface area contributed by atoms with Gasteiger partial charge in [0.25, 0.3) is 5.91 Å². The van der Waals surface area contributed by atoms with Gasteiger partial charge in [0.15, 0.2) is 0 Å². The Hall–Kier alpha value is -4.33. The molecule has 240 valence electrons. The SMILES string of the molecule is CC(C)c1cc(C(=O)N2Cc3ccc(OCCCN4CCOCC4)cc3C2)c(OCc2ccccc2)cc1OCc1ccccc1. The van der Waals surface area contributed by atoms with Crippen LogP contribution in [0.1, 0.15) is 64.4 Å². The fraction of sp³-hybridized carbons (Fsp3) is 0.359.